The first-order chi connectivity index (χ1) is 9.72. The van der Waals surface area contributed by atoms with Crippen LogP contribution in [0.25, 0.3) is 6.08 Å². The third kappa shape index (κ3) is 1.58. The Morgan fingerprint density at radius 2 is 1.90 bits per heavy atom. The Morgan fingerprint density at radius 1 is 1.05 bits per heavy atom. The Morgan fingerprint density at radius 3 is 2.80 bits per heavy atom. The highest BCUT2D eigenvalue weighted by Crippen LogP contribution is 2.38. The molecule has 2 heteroatoms. The van der Waals surface area contributed by atoms with Gasteiger partial charge in [-0.2, -0.15) is 0 Å². The van der Waals surface area contributed by atoms with Crippen LogP contribution in [0.3, 0.4) is 0 Å². The summed E-state index contributed by atoms with van der Waals surface area (Å²) >= 11 is 0. The zero-order valence-electron chi connectivity index (χ0n) is 10.8. The molecule has 0 N–H and O–H groups in total. The smallest absolute Gasteiger partial charge is 0.193 e. The van der Waals surface area contributed by atoms with Gasteiger partial charge in [0.05, 0.1) is 0 Å². The van der Waals surface area contributed by atoms with E-state index in [1.165, 1.54) is 0 Å². The van der Waals surface area contributed by atoms with E-state index in [9.17, 15) is 9.59 Å². The third-order valence-corrected chi connectivity index (χ3v) is 4.06. The molecule has 0 fully saturated rings. The van der Waals surface area contributed by atoms with E-state index < -0.39 is 0 Å². The van der Waals surface area contributed by atoms with E-state index in [4.69, 9.17) is 0 Å². The predicted molar refractivity (Wildman–Crippen MR) is 77.2 cm³/mol. The van der Waals surface area contributed by atoms with Gasteiger partial charge in [0.2, 0.25) is 0 Å². The minimum Gasteiger partial charge on any atom is -0.295 e. The summed E-state index contributed by atoms with van der Waals surface area (Å²) in [6, 6.07) is 7.64. The van der Waals surface area contributed by atoms with Gasteiger partial charge in [0, 0.05) is 23.5 Å². The van der Waals surface area contributed by atoms with Crippen LogP contribution in [-0.2, 0) is 4.79 Å². The van der Waals surface area contributed by atoms with Gasteiger partial charge in [-0.05, 0) is 23.3 Å². The van der Waals surface area contributed by atoms with Gasteiger partial charge in [-0.15, -0.1) is 0 Å². The van der Waals surface area contributed by atoms with E-state index in [1.54, 1.807) is 6.08 Å². The predicted octanol–water partition coefficient (Wildman–Crippen LogP) is 3.28. The van der Waals surface area contributed by atoms with Crippen LogP contribution in [-0.4, -0.2) is 11.6 Å². The Hall–Kier alpha value is -2.48. The molecule has 3 aliphatic carbocycles. The molecule has 1 atom stereocenters. The van der Waals surface area contributed by atoms with Gasteiger partial charge in [-0.25, -0.2) is 0 Å². The summed E-state index contributed by atoms with van der Waals surface area (Å²) in [5.74, 6) is 0.306. The van der Waals surface area contributed by atoms with Gasteiger partial charge in [0.15, 0.2) is 11.6 Å². The number of rotatable bonds is 0. The average molecular weight is 260 g/mol. The molecule has 0 amide bonds. The van der Waals surface area contributed by atoms with Crippen LogP contribution < -0.4 is 0 Å². The number of carbonyl (C=O) groups is 2. The summed E-state index contributed by atoms with van der Waals surface area (Å²) in [7, 11) is 0. The van der Waals surface area contributed by atoms with E-state index in [-0.39, 0.29) is 17.5 Å². The average Bonchev–Trinajstić information content (AvgIpc) is 2.46. The Kier molecular flexibility index (Phi) is 2.27. The number of fused-ring (bicyclic) bond motifs is 3. The van der Waals surface area contributed by atoms with Gasteiger partial charge in [-0.3, -0.25) is 9.59 Å². The van der Waals surface area contributed by atoms with Crippen LogP contribution in [0.1, 0.15) is 22.3 Å². The first-order valence-electron chi connectivity index (χ1n) is 6.71. The maximum Gasteiger partial charge on any atom is 0.193 e. The van der Waals surface area contributed by atoms with Crippen molar-refractivity contribution in [2.24, 2.45) is 5.92 Å². The van der Waals surface area contributed by atoms with Gasteiger partial charge in [0.1, 0.15) is 0 Å². The number of benzene rings is 1. The quantitative estimate of drug-likeness (QED) is 0.717. The molecular formula is C18H12O2. The monoisotopic (exact) mass is 260 g/mol. The number of Topliss-reactive ketones (excluding diaryl/α,β-unsaturated/α-hetero) is 1. The first kappa shape index (κ1) is 11.4. The molecule has 0 aromatic heterocycles. The van der Waals surface area contributed by atoms with E-state index in [0.717, 1.165) is 27.8 Å². The minimum absolute atomic E-state index is 0.0821. The van der Waals surface area contributed by atoms with Crippen LogP contribution in [0.2, 0.25) is 0 Å². The lowest BCUT2D eigenvalue weighted by Gasteiger charge is -2.26. The molecule has 1 aromatic rings. The van der Waals surface area contributed by atoms with Crippen LogP contribution in [0.15, 0.2) is 65.3 Å². The lowest BCUT2D eigenvalue weighted by molar-refractivity contribution is -0.114. The van der Waals surface area contributed by atoms with Crippen molar-refractivity contribution in [3.63, 3.8) is 0 Å². The molecule has 0 bridgehead atoms. The molecule has 0 saturated heterocycles. The van der Waals surface area contributed by atoms with E-state index in [1.807, 2.05) is 48.6 Å². The molecule has 0 spiro atoms. The fraction of sp³-hybridized carbons (Fsp3) is 0.111. The summed E-state index contributed by atoms with van der Waals surface area (Å²) < 4.78 is 0. The normalized spacial score (nSPS) is 23.2. The van der Waals surface area contributed by atoms with Crippen LogP contribution in [0, 0.1) is 5.92 Å². The van der Waals surface area contributed by atoms with Gasteiger partial charge >= 0.3 is 0 Å². The standard InChI is InChI=1S/C18H12O2/c19-15-6-5-11-10-17-14(8-13(11)9-15)7-12-3-1-2-4-16(12)18(17)20/h1-8,10-11H,9H2. The lowest BCUT2D eigenvalue weighted by atomic mass is 9.76. The third-order valence-electron chi connectivity index (χ3n) is 4.06. The van der Waals surface area contributed by atoms with Crippen molar-refractivity contribution in [3.05, 3.63) is 76.4 Å². The molecule has 1 aromatic carbocycles. The first-order valence-corrected chi connectivity index (χ1v) is 6.71. The number of allylic oxidation sites excluding steroid dienone is 7. The largest absolute Gasteiger partial charge is 0.295 e. The van der Waals surface area contributed by atoms with Crippen LogP contribution in [0.5, 0.6) is 0 Å². The Labute approximate surface area is 116 Å². The second-order valence-corrected chi connectivity index (χ2v) is 5.34. The van der Waals surface area contributed by atoms with Crippen molar-refractivity contribution in [2.45, 2.75) is 6.42 Å². The molecule has 0 aliphatic heterocycles. The van der Waals surface area contributed by atoms with Crippen molar-refractivity contribution in [1.82, 2.24) is 0 Å². The molecule has 0 radical (unpaired) electrons. The topological polar surface area (TPSA) is 34.1 Å². The number of ketones is 2. The molecule has 0 heterocycles. The Bertz CT molecular complexity index is 772. The fourth-order valence-electron chi connectivity index (χ4n) is 3.04. The number of hydrogen-bond acceptors (Lipinski definition) is 2. The molecule has 1 unspecified atom stereocenters. The molecule has 3 aliphatic rings. The van der Waals surface area contributed by atoms with Crippen molar-refractivity contribution in [3.8, 4) is 0 Å². The zero-order chi connectivity index (χ0) is 13.7. The van der Waals surface area contributed by atoms with Crippen molar-refractivity contribution in [1.29, 1.82) is 0 Å². The fourth-order valence-corrected chi connectivity index (χ4v) is 3.04. The second-order valence-electron chi connectivity index (χ2n) is 5.34. The summed E-state index contributed by atoms with van der Waals surface area (Å²) in [5, 5.41) is 0. The van der Waals surface area contributed by atoms with Gasteiger partial charge < -0.3 is 0 Å². The van der Waals surface area contributed by atoms with E-state index in [0.29, 0.717) is 6.42 Å². The highest BCUT2D eigenvalue weighted by Gasteiger charge is 2.29. The SMILES string of the molecule is O=C1C=CC2C=C3C(=O)c4ccccc4C=C3C=C2C1. The van der Waals surface area contributed by atoms with Gasteiger partial charge in [-0.1, -0.05) is 48.1 Å². The van der Waals surface area contributed by atoms with Crippen molar-refractivity contribution < 1.29 is 9.59 Å². The number of hydrogen-bond donors (Lipinski definition) is 0. The highest BCUT2D eigenvalue weighted by atomic mass is 16.1. The zero-order valence-corrected chi connectivity index (χ0v) is 10.8. The van der Waals surface area contributed by atoms with E-state index in [2.05, 4.69) is 0 Å². The Balaban J connectivity index is 1.90. The summed E-state index contributed by atoms with van der Waals surface area (Å²) in [6.07, 6.45) is 9.99. The van der Waals surface area contributed by atoms with Crippen molar-refractivity contribution in [2.75, 3.05) is 0 Å². The molecule has 0 saturated carbocycles. The maximum atomic E-state index is 12.6. The lowest BCUT2D eigenvalue weighted by Crippen LogP contribution is -2.19. The van der Waals surface area contributed by atoms with Crippen molar-refractivity contribution >= 4 is 17.6 Å². The second kappa shape index (κ2) is 4.01. The highest BCUT2D eigenvalue weighted by molar-refractivity contribution is 6.17. The molecule has 4 rings (SSSR count). The molecule has 20 heavy (non-hydrogen) atoms. The van der Waals surface area contributed by atoms with Crippen LogP contribution in [0.4, 0.5) is 0 Å². The van der Waals surface area contributed by atoms with E-state index >= 15 is 0 Å². The minimum atomic E-state index is 0.0821. The maximum absolute atomic E-state index is 12.6. The summed E-state index contributed by atoms with van der Waals surface area (Å²) in [6.45, 7) is 0. The number of carbonyl (C=O) groups excluding carboxylic acids is 2. The van der Waals surface area contributed by atoms with Crippen LogP contribution >= 0.6 is 0 Å². The molecular weight excluding hydrogens is 248 g/mol. The summed E-state index contributed by atoms with van der Waals surface area (Å²) in [5.41, 5.74) is 4.49. The molecule has 96 valence electrons. The summed E-state index contributed by atoms with van der Waals surface area (Å²) in [4.78, 5) is 24.1. The van der Waals surface area contributed by atoms with Gasteiger partial charge in [0.25, 0.3) is 0 Å². The molecule has 2 nitrogen and oxygen atoms in total.